The molecule has 0 saturated heterocycles. The molecule has 23 heavy (non-hydrogen) atoms. The molecule has 2 aromatic carbocycles. The third-order valence-corrected chi connectivity index (χ3v) is 4.31. The van der Waals surface area contributed by atoms with Gasteiger partial charge in [-0.25, -0.2) is 0 Å². The van der Waals surface area contributed by atoms with Crippen LogP contribution in [0.4, 0.5) is 5.69 Å². The summed E-state index contributed by atoms with van der Waals surface area (Å²) in [7, 11) is 3.02. The molecule has 0 fully saturated rings. The third kappa shape index (κ3) is 3.84. The lowest BCUT2D eigenvalue weighted by molar-refractivity contribution is -0.106. The maximum absolute atomic E-state index is 6.41. The maximum atomic E-state index is 6.41. The molecule has 0 aliphatic rings. The molecular formula is C16H16Cl3NO3. The molecule has 0 amide bonds. The summed E-state index contributed by atoms with van der Waals surface area (Å²) in [6.07, 6.45) is -0.684. The summed E-state index contributed by atoms with van der Waals surface area (Å²) in [6.45, 7) is 1.80. The minimum absolute atomic E-state index is 0.361. The van der Waals surface area contributed by atoms with E-state index >= 15 is 0 Å². The molecule has 2 aromatic rings. The number of nitrogen functional groups attached to an aromatic ring is 1. The van der Waals surface area contributed by atoms with Gasteiger partial charge in [-0.05, 0) is 36.8 Å². The SMILES string of the molecule is COC(OC)c1cc(N)c(C)c(Cl)c1Oc1ccc(Cl)cc1Cl. The van der Waals surface area contributed by atoms with Crippen LogP contribution in [0.2, 0.25) is 15.1 Å². The fourth-order valence-electron chi connectivity index (χ4n) is 2.06. The van der Waals surface area contributed by atoms with Gasteiger partial charge in [-0.2, -0.15) is 0 Å². The summed E-state index contributed by atoms with van der Waals surface area (Å²) in [4.78, 5) is 0. The van der Waals surface area contributed by atoms with Crippen molar-refractivity contribution in [3.8, 4) is 11.5 Å². The van der Waals surface area contributed by atoms with E-state index in [0.717, 1.165) is 0 Å². The van der Waals surface area contributed by atoms with Crippen molar-refractivity contribution in [2.24, 2.45) is 0 Å². The molecule has 0 bridgehead atoms. The van der Waals surface area contributed by atoms with Gasteiger partial charge >= 0.3 is 0 Å². The number of nitrogens with two attached hydrogens (primary N) is 1. The van der Waals surface area contributed by atoms with E-state index in [4.69, 9.17) is 54.7 Å². The van der Waals surface area contributed by atoms with Gasteiger partial charge in [0.2, 0.25) is 0 Å². The molecule has 0 spiro atoms. The topological polar surface area (TPSA) is 53.7 Å². The van der Waals surface area contributed by atoms with Crippen LogP contribution in [0.15, 0.2) is 24.3 Å². The zero-order chi connectivity index (χ0) is 17.1. The Balaban J connectivity index is 2.57. The van der Waals surface area contributed by atoms with Gasteiger partial charge in [0.25, 0.3) is 0 Å². The lowest BCUT2D eigenvalue weighted by atomic mass is 10.1. The molecule has 2 N–H and O–H groups in total. The Kier molecular flexibility index (Phi) is 6.00. The number of benzene rings is 2. The average molecular weight is 377 g/mol. The Morgan fingerprint density at radius 2 is 1.70 bits per heavy atom. The zero-order valence-electron chi connectivity index (χ0n) is 12.8. The average Bonchev–Trinajstić information content (AvgIpc) is 2.52. The first-order chi connectivity index (χ1) is 10.9. The summed E-state index contributed by atoms with van der Waals surface area (Å²) in [5, 5.41) is 1.24. The fourth-order valence-corrected chi connectivity index (χ4v) is 2.77. The summed E-state index contributed by atoms with van der Waals surface area (Å²) in [6, 6.07) is 6.62. The second kappa shape index (κ2) is 7.60. The van der Waals surface area contributed by atoms with Crippen molar-refractivity contribution in [3.05, 3.63) is 50.5 Å². The number of methoxy groups -OCH3 is 2. The maximum Gasteiger partial charge on any atom is 0.186 e. The minimum atomic E-state index is -0.684. The van der Waals surface area contributed by atoms with Crippen molar-refractivity contribution in [1.82, 2.24) is 0 Å². The summed E-state index contributed by atoms with van der Waals surface area (Å²) >= 11 is 18.5. The molecular weight excluding hydrogens is 361 g/mol. The molecule has 0 heterocycles. The fraction of sp³-hybridized carbons (Fsp3) is 0.250. The van der Waals surface area contributed by atoms with Crippen LogP contribution in [0.5, 0.6) is 11.5 Å². The van der Waals surface area contributed by atoms with E-state index in [1.165, 1.54) is 14.2 Å². The first-order valence-electron chi connectivity index (χ1n) is 6.66. The van der Waals surface area contributed by atoms with Crippen molar-refractivity contribution < 1.29 is 14.2 Å². The molecule has 7 heteroatoms. The number of hydrogen-bond donors (Lipinski definition) is 1. The Labute approximate surface area is 150 Å². The minimum Gasteiger partial charge on any atom is -0.454 e. The van der Waals surface area contributed by atoms with Gasteiger partial charge in [0, 0.05) is 24.9 Å². The van der Waals surface area contributed by atoms with Crippen LogP contribution in [-0.2, 0) is 9.47 Å². The number of hydrogen-bond acceptors (Lipinski definition) is 4. The van der Waals surface area contributed by atoms with Crippen LogP contribution in [0.3, 0.4) is 0 Å². The molecule has 0 aromatic heterocycles. The van der Waals surface area contributed by atoms with E-state index in [-0.39, 0.29) is 0 Å². The zero-order valence-corrected chi connectivity index (χ0v) is 15.1. The third-order valence-electron chi connectivity index (χ3n) is 3.32. The molecule has 4 nitrogen and oxygen atoms in total. The molecule has 0 radical (unpaired) electrons. The van der Waals surface area contributed by atoms with E-state index in [1.54, 1.807) is 31.2 Å². The molecule has 0 unspecified atom stereocenters. The smallest absolute Gasteiger partial charge is 0.186 e. The van der Waals surface area contributed by atoms with E-state index in [9.17, 15) is 0 Å². The number of ether oxygens (including phenoxy) is 3. The van der Waals surface area contributed by atoms with Gasteiger partial charge in [-0.15, -0.1) is 0 Å². The molecule has 124 valence electrons. The van der Waals surface area contributed by atoms with Gasteiger partial charge in [-0.3, -0.25) is 0 Å². The highest BCUT2D eigenvalue weighted by Gasteiger charge is 2.22. The highest BCUT2D eigenvalue weighted by atomic mass is 35.5. The predicted molar refractivity (Wildman–Crippen MR) is 93.9 cm³/mol. The summed E-state index contributed by atoms with van der Waals surface area (Å²) in [5.41, 5.74) is 7.76. The predicted octanol–water partition coefficient (Wildman–Crippen LogP) is 5.62. The molecule has 0 aliphatic heterocycles. The number of anilines is 1. The second-order valence-electron chi connectivity index (χ2n) is 4.80. The molecule has 0 saturated carbocycles. The van der Waals surface area contributed by atoms with Crippen LogP contribution < -0.4 is 10.5 Å². The highest BCUT2D eigenvalue weighted by Crippen LogP contribution is 2.43. The Morgan fingerprint density at radius 3 is 2.26 bits per heavy atom. The van der Waals surface area contributed by atoms with Crippen molar-refractivity contribution in [2.75, 3.05) is 20.0 Å². The van der Waals surface area contributed by atoms with E-state index in [2.05, 4.69) is 0 Å². The van der Waals surface area contributed by atoms with Gasteiger partial charge in [-0.1, -0.05) is 34.8 Å². The van der Waals surface area contributed by atoms with Gasteiger partial charge < -0.3 is 19.9 Å². The molecule has 0 aliphatic carbocycles. The number of halogens is 3. The van der Waals surface area contributed by atoms with E-state index in [1.807, 2.05) is 0 Å². The van der Waals surface area contributed by atoms with Crippen LogP contribution in [0.25, 0.3) is 0 Å². The van der Waals surface area contributed by atoms with Crippen LogP contribution in [-0.4, -0.2) is 14.2 Å². The Morgan fingerprint density at radius 1 is 1.04 bits per heavy atom. The highest BCUT2D eigenvalue weighted by molar-refractivity contribution is 6.35. The summed E-state index contributed by atoms with van der Waals surface area (Å²) in [5.74, 6) is 0.783. The largest absolute Gasteiger partial charge is 0.454 e. The van der Waals surface area contributed by atoms with Crippen molar-refractivity contribution in [3.63, 3.8) is 0 Å². The number of rotatable bonds is 5. The summed E-state index contributed by atoms with van der Waals surface area (Å²) < 4.78 is 16.5. The lowest BCUT2D eigenvalue weighted by Gasteiger charge is -2.21. The van der Waals surface area contributed by atoms with E-state index in [0.29, 0.717) is 43.4 Å². The first-order valence-corrected chi connectivity index (χ1v) is 7.79. The Bertz CT molecular complexity index is 718. The first kappa shape index (κ1) is 18.2. The lowest BCUT2D eigenvalue weighted by Crippen LogP contribution is -2.08. The van der Waals surface area contributed by atoms with Gasteiger partial charge in [0.15, 0.2) is 12.0 Å². The van der Waals surface area contributed by atoms with Crippen LogP contribution in [0, 0.1) is 6.92 Å². The van der Waals surface area contributed by atoms with Crippen molar-refractivity contribution >= 4 is 40.5 Å². The van der Waals surface area contributed by atoms with Crippen molar-refractivity contribution in [2.45, 2.75) is 13.2 Å². The standard InChI is InChI=1S/C16H16Cl3NO3/c1-8-12(20)7-10(16(21-2)22-3)15(14(8)19)23-13-5-4-9(17)6-11(13)18/h4-7,16H,20H2,1-3H3. The van der Waals surface area contributed by atoms with Crippen LogP contribution in [0.1, 0.15) is 17.4 Å². The Hall–Kier alpha value is -1.17. The molecule has 2 rings (SSSR count). The van der Waals surface area contributed by atoms with E-state index < -0.39 is 6.29 Å². The monoisotopic (exact) mass is 375 g/mol. The molecule has 0 atom stereocenters. The van der Waals surface area contributed by atoms with Gasteiger partial charge in [0.05, 0.1) is 15.6 Å². The normalized spacial score (nSPS) is 11.1. The van der Waals surface area contributed by atoms with Crippen LogP contribution >= 0.6 is 34.8 Å². The quantitative estimate of drug-likeness (QED) is 0.543. The van der Waals surface area contributed by atoms with Gasteiger partial charge in [0.1, 0.15) is 5.75 Å². The van der Waals surface area contributed by atoms with Crippen molar-refractivity contribution in [1.29, 1.82) is 0 Å². The second-order valence-corrected chi connectivity index (χ2v) is 6.02.